The lowest BCUT2D eigenvalue weighted by Crippen LogP contribution is -2.31. The Hall–Kier alpha value is -3.26. The molecule has 170 valence electrons. The van der Waals surface area contributed by atoms with Gasteiger partial charge in [-0.15, -0.1) is 0 Å². The van der Waals surface area contributed by atoms with Crippen molar-refractivity contribution in [2.75, 3.05) is 25.9 Å². The fraction of sp³-hybridized carbons (Fsp3) is 0.440. The van der Waals surface area contributed by atoms with Gasteiger partial charge in [-0.25, -0.2) is 14.6 Å². The molecule has 0 bridgehead atoms. The van der Waals surface area contributed by atoms with E-state index in [2.05, 4.69) is 34.0 Å². The normalized spacial score (nSPS) is 19.9. The van der Waals surface area contributed by atoms with Gasteiger partial charge in [0.2, 0.25) is 0 Å². The van der Waals surface area contributed by atoms with Crippen LogP contribution in [0.15, 0.2) is 30.7 Å². The lowest BCUT2D eigenvalue weighted by atomic mass is 9.87. The van der Waals surface area contributed by atoms with Crippen molar-refractivity contribution in [3.63, 3.8) is 0 Å². The third kappa shape index (κ3) is 3.49. The summed E-state index contributed by atoms with van der Waals surface area (Å²) in [6.07, 6.45) is 10.7. The van der Waals surface area contributed by atoms with Crippen molar-refractivity contribution >= 4 is 11.7 Å². The second-order valence-corrected chi connectivity index (χ2v) is 9.59. The van der Waals surface area contributed by atoms with Crippen LogP contribution in [0.4, 0.5) is 5.82 Å². The molecule has 1 aliphatic carbocycles. The number of hydrogen-bond donors (Lipinski definition) is 1. The molecule has 1 amide bonds. The summed E-state index contributed by atoms with van der Waals surface area (Å²) in [5, 5.41) is 4.38. The van der Waals surface area contributed by atoms with Crippen LogP contribution in [0, 0.1) is 6.92 Å². The minimum absolute atomic E-state index is 0.0298. The monoisotopic (exact) mass is 443 g/mol. The zero-order valence-electron chi connectivity index (χ0n) is 19.2. The van der Waals surface area contributed by atoms with Crippen molar-refractivity contribution in [2.45, 2.75) is 51.1 Å². The molecular formula is C25H29N7O. The first-order valence-electron chi connectivity index (χ1n) is 11.8. The minimum atomic E-state index is -0.0298. The molecule has 0 radical (unpaired) electrons. The van der Waals surface area contributed by atoms with E-state index >= 15 is 0 Å². The van der Waals surface area contributed by atoms with Crippen LogP contribution in [0.1, 0.15) is 58.8 Å². The van der Waals surface area contributed by atoms with Gasteiger partial charge in [0.05, 0.1) is 23.7 Å². The maximum Gasteiger partial charge on any atom is 0.257 e. The first kappa shape index (κ1) is 20.4. The molecular weight excluding hydrogens is 414 g/mol. The van der Waals surface area contributed by atoms with Gasteiger partial charge < -0.3 is 10.6 Å². The van der Waals surface area contributed by atoms with Crippen LogP contribution in [0.5, 0.6) is 0 Å². The van der Waals surface area contributed by atoms with E-state index in [1.165, 1.54) is 36.1 Å². The Morgan fingerprint density at radius 1 is 1.18 bits per heavy atom. The van der Waals surface area contributed by atoms with Crippen LogP contribution in [-0.4, -0.2) is 61.6 Å². The molecule has 4 heterocycles. The van der Waals surface area contributed by atoms with Gasteiger partial charge in [0.25, 0.3) is 5.91 Å². The van der Waals surface area contributed by atoms with Crippen LogP contribution in [0.3, 0.4) is 0 Å². The number of nitrogens with two attached hydrogens (primary N) is 1. The highest BCUT2D eigenvalue weighted by molar-refractivity contribution is 5.94. The average molecular weight is 444 g/mol. The second-order valence-electron chi connectivity index (χ2n) is 9.59. The summed E-state index contributed by atoms with van der Waals surface area (Å²) in [5.41, 5.74) is 12.7. The van der Waals surface area contributed by atoms with Gasteiger partial charge in [-0.3, -0.25) is 9.69 Å². The Labute approximate surface area is 193 Å². The quantitative estimate of drug-likeness (QED) is 0.666. The molecule has 2 aliphatic heterocycles. The summed E-state index contributed by atoms with van der Waals surface area (Å²) >= 11 is 0. The molecule has 8 nitrogen and oxygen atoms in total. The summed E-state index contributed by atoms with van der Waals surface area (Å²) in [5.74, 6) is 0.699. The first-order valence-corrected chi connectivity index (χ1v) is 11.8. The highest BCUT2D eigenvalue weighted by Gasteiger charge is 2.33. The Kier molecular flexibility index (Phi) is 4.72. The Bertz CT molecular complexity index is 1250. The Morgan fingerprint density at radius 2 is 2.03 bits per heavy atom. The van der Waals surface area contributed by atoms with E-state index in [0.717, 1.165) is 37.1 Å². The molecule has 1 saturated carbocycles. The molecule has 0 spiro atoms. The molecule has 2 aromatic heterocycles. The predicted octanol–water partition coefficient (Wildman–Crippen LogP) is 3.15. The van der Waals surface area contributed by atoms with Crippen LogP contribution < -0.4 is 5.73 Å². The first-order chi connectivity index (χ1) is 16.0. The van der Waals surface area contributed by atoms with E-state index in [9.17, 15) is 4.79 Å². The second kappa shape index (κ2) is 7.66. The van der Waals surface area contributed by atoms with Crippen LogP contribution in [0.25, 0.3) is 17.1 Å². The number of rotatable bonds is 4. The summed E-state index contributed by atoms with van der Waals surface area (Å²) in [6.45, 7) is 4.54. The number of aryl methyl sites for hydroxylation is 1. The van der Waals surface area contributed by atoms with Crippen LogP contribution in [0.2, 0.25) is 0 Å². The fourth-order valence-electron chi connectivity index (χ4n) is 5.41. The van der Waals surface area contributed by atoms with Gasteiger partial charge in [-0.05, 0) is 74.4 Å². The topological polar surface area (TPSA) is 93.2 Å². The summed E-state index contributed by atoms with van der Waals surface area (Å²) in [6, 6.07) is 5.35. The molecule has 1 atom stereocenters. The lowest BCUT2D eigenvalue weighted by Gasteiger charge is -2.33. The zero-order chi connectivity index (χ0) is 22.7. The number of nitrogen functional groups attached to an aromatic ring is 1. The summed E-state index contributed by atoms with van der Waals surface area (Å²) in [4.78, 5) is 26.3. The minimum Gasteiger partial charge on any atom is -0.381 e. The van der Waals surface area contributed by atoms with Gasteiger partial charge in [0.15, 0.2) is 11.6 Å². The molecule has 2 fully saturated rings. The predicted molar refractivity (Wildman–Crippen MR) is 126 cm³/mol. The fourth-order valence-corrected chi connectivity index (χ4v) is 5.41. The molecule has 6 rings (SSSR count). The number of carbonyl (C=O) groups is 1. The third-order valence-corrected chi connectivity index (χ3v) is 7.42. The molecule has 3 aliphatic rings. The maximum absolute atomic E-state index is 12.7. The van der Waals surface area contributed by atoms with Crippen LogP contribution >= 0.6 is 0 Å². The Balaban J connectivity index is 1.35. The van der Waals surface area contributed by atoms with Crippen molar-refractivity contribution in [2.24, 2.45) is 0 Å². The van der Waals surface area contributed by atoms with Crippen LogP contribution in [-0.2, 0) is 6.42 Å². The number of anilines is 1. The number of fused-ring (bicyclic) bond motifs is 3. The highest BCUT2D eigenvalue weighted by atomic mass is 16.2. The van der Waals surface area contributed by atoms with E-state index in [-0.39, 0.29) is 11.7 Å². The van der Waals surface area contributed by atoms with Gasteiger partial charge in [-0.1, -0.05) is 0 Å². The highest BCUT2D eigenvalue weighted by Crippen LogP contribution is 2.40. The van der Waals surface area contributed by atoms with Crippen molar-refractivity contribution in [3.05, 3.63) is 53.0 Å². The zero-order valence-corrected chi connectivity index (χ0v) is 19.2. The maximum atomic E-state index is 12.7. The van der Waals surface area contributed by atoms with Gasteiger partial charge in [-0.2, -0.15) is 5.10 Å². The summed E-state index contributed by atoms with van der Waals surface area (Å²) in [7, 11) is 1.84. The van der Waals surface area contributed by atoms with E-state index < -0.39 is 0 Å². The molecule has 33 heavy (non-hydrogen) atoms. The van der Waals surface area contributed by atoms with Crippen molar-refractivity contribution in [1.29, 1.82) is 0 Å². The van der Waals surface area contributed by atoms with Crippen molar-refractivity contribution < 1.29 is 4.79 Å². The lowest BCUT2D eigenvalue weighted by molar-refractivity contribution is 0.0785. The average Bonchev–Trinajstić information content (AvgIpc) is 3.35. The van der Waals surface area contributed by atoms with Gasteiger partial charge in [0, 0.05) is 37.4 Å². The van der Waals surface area contributed by atoms with E-state index in [1.54, 1.807) is 28.2 Å². The molecule has 1 saturated heterocycles. The molecule has 1 aromatic carbocycles. The van der Waals surface area contributed by atoms with Crippen molar-refractivity contribution in [1.82, 2.24) is 29.5 Å². The standard InChI is InChI=1S/C25H29N7O/c1-15-10-16(11-20-19(15)7-9-31-8-3-4-22(20)31)21-13-27-23(26)24(29-21)32-14-17(12-28-32)25(33)30(2)18-5-6-18/h10-14,18,22H,3-9H2,1-2H3,(H2,26,27). The van der Waals surface area contributed by atoms with E-state index in [0.29, 0.717) is 23.5 Å². The smallest absolute Gasteiger partial charge is 0.257 e. The number of nitrogens with zero attached hydrogens (tertiary/aromatic N) is 6. The summed E-state index contributed by atoms with van der Waals surface area (Å²) < 4.78 is 1.56. The molecule has 1 unspecified atom stereocenters. The molecule has 8 heteroatoms. The molecule has 3 aromatic rings. The number of amides is 1. The Morgan fingerprint density at radius 3 is 2.85 bits per heavy atom. The SMILES string of the molecule is Cc1cc(-c2cnc(N)c(-n3cc(C(=O)N(C)C4CC4)cn3)n2)cc2c1CCN1CCCC21. The molecule has 2 N–H and O–H groups in total. The van der Waals surface area contributed by atoms with E-state index in [1.807, 2.05) is 7.05 Å². The van der Waals surface area contributed by atoms with Gasteiger partial charge in [0.1, 0.15) is 0 Å². The number of carbonyl (C=O) groups excluding carboxylic acids is 1. The van der Waals surface area contributed by atoms with Gasteiger partial charge >= 0.3 is 0 Å². The van der Waals surface area contributed by atoms with Crippen molar-refractivity contribution in [3.8, 4) is 17.1 Å². The largest absolute Gasteiger partial charge is 0.381 e. The number of benzene rings is 1. The van der Waals surface area contributed by atoms with E-state index in [4.69, 9.17) is 10.7 Å². The number of aromatic nitrogens is 4. The number of hydrogen-bond acceptors (Lipinski definition) is 6. The third-order valence-electron chi connectivity index (χ3n) is 7.42.